The molecule has 0 amide bonds. The van der Waals surface area contributed by atoms with Gasteiger partial charge in [-0.1, -0.05) is 13.8 Å². The largest absolute Gasteiger partial charge is 0.478 e. The lowest BCUT2D eigenvalue weighted by Crippen LogP contribution is -2.30. The molecule has 6 nitrogen and oxygen atoms in total. The molecule has 0 saturated carbocycles. The van der Waals surface area contributed by atoms with Crippen molar-refractivity contribution in [3.63, 3.8) is 0 Å². The third-order valence-electron chi connectivity index (χ3n) is 2.47. The standard InChI is InChI=1S/C10H13N3O3/c1-5(2)9-11-7-4-13(16)3-6(10(14)15)8(7)12-9/h3-5,9,11,16H,1-2H3,(H,14,15). The van der Waals surface area contributed by atoms with E-state index >= 15 is 0 Å². The number of carbonyl (C=O) groups is 1. The SMILES string of the molecule is CC(C)C1N=C2C(=CN(O)C=C2C(=O)O)N1. The fraction of sp³-hybridized carbons (Fsp3) is 0.400. The summed E-state index contributed by atoms with van der Waals surface area (Å²) < 4.78 is 0. The number of allylic oxidation sites excluding steroid dienone is 1. The van der Waals surface area contributed by atoms with Crippen molar-refractivity contribution in [1.29, 1.82) is 0 Å². The highest BCUT2D eigenvalue weighted by Gasteiger charge is 2.32. The molecular weight excluding hydrogens is 210 g/mol. The highest BCUT2D eigenvalue weighted by atomic mass is 16.5. The van der Waals surface area contributed by atoms with Crippen LogP contribution in [0.15, 0.2) is 28.7 Å². The van der Waals surface area contributed by atoms with Crippen molar-refractivity contribution >= 4 is 11.7 Å². The van der Waals surface area contributed by atoms with E-state index in [1.165, 1.54) is 6.20 Å². The summed E-state index contributed by atoms with van der Waals surface area (Å²) in [5.41, 5.74) is 0.938. The van der Waals surface area contributed by atoms with Crippen molar-refractivity contribution in [3.05, 3.63) is 23.7 Å². The first kappa shape index (κ1) is 10.7. The molecule has 2 aliphatic rings. The van der Waals surface area contributed by atoms with Crippen LogP contribution in [0.3, 0.4) is 0 Å². The molecular formula is C10H13N3O3. The van der Waals surface area contributed by atoms with Gasteiger partial charge in [-0.05, 0) is 5.92 Å². The second-order valence-corrected chi connectivity index (χ2v) is 4.08. The maximum Gasteiger partial charge on any atom is 0.339 e. The van der Waals surface area contributed by atoms with Crippen molar-refractivity contribution in [1.82, 2.24) is 10.4 Å². The molecule has 86 valence electrons. The van der Waals surface area contributed by atoms with E-state index in [1.807, 2.05) is 13.8 Å². The van der Waals surface area contributed by atoms with Gasteiger partial charge in [0.25, 0.3) is 0 Å². The van der Waals surface area contributed by atoms with Gasteiger partial charge in [0.2, 0.25) is 0 Å². The van der Waals surface area contributed by atoms with E-state index < -0.39 is 5.97 Å². The number of nitrogens with one attached hydrogen (secondary N) is 1. The highest BCUT2D eigenvalue weighted by molar-refractivity contribution is 6.27. The van der Waals surface area contributed by atoms with Crippen LogP contribution in [-0.2, 0) is 4.79 Å². The minimum atomic E-state index is -1.10. The number of carboxylic acids is 1. The Bertz CT molecular complexity index is 423. The lowest BCUT2D eigenvalue weighted by Gasteiger charge is -2.17. The van der Waals surface area contributed by atoms with Crippen LogP contribution in [0, 0.1) is 5.92 Å². The Hall–Kier alpha value is -1.82. The van der Waals surface area contributed by atoms with Gasteiger partial charge in [-0.2, -0.15) is 0 Å². The fourth-order valence-electron chi connectivity index (χ4n) is 1.62. The lowest BCUT2D eigenvalue weighted by atomic mass is 10.1. The quantitative estimate of drug-likeness (QED) is 0.635. The Morgan fingerprint density at radius 1 is 1.56 bits per heavy atom. The van der Waals surface area contributed by atoms with Crippen LogP contribution in [0.1, 0.15) is 13.8 Å². The molecule has 0 fully saturated rings. The van der Waals surface area contributed by atoms with Crippen LogP contribution in [0.5, 0.6) is 0 Å². The summed E-state index contributed by atoms with van der Waals surface area (Å²) >= 11 is 0. The molecule has 1 atom stereocenters. The normalized spacial score (nSPS) is 23.4. The van der Waals surface area contributed by atoms with Crippen LogP contribution >= 0.6 is 0 Å². The van der Waals surface area contributed by atoms with Crippen LogP contribution in [0.4, 0.5) is 0 Å². The van der Waals surface area contributed by atoms with Gasteiger partial charge in [0, 0.05) is 6.20 Å². The van der Waals surface area contributed by atoms with E-state index in [-0.39, 0.29) is 17.7 Å². The van der Waals surface area contributed by atoms with Gasteiger partial charge in [-0.3, -0.25) is 10.2 Å². The molecule has 0 radical (unpaired) electrons. The second-order valence-electron chi connectivity index (χ2n) is 4.08. The van der Waals surface area contributed by atoms with Crippen molar-refractivity contribution in [2.75, 3.05) is 0 Å². The van der Waals surface area contributed by atoms with E-state index in [0.717, 1.165) is 11.3 Å². The maximum atomic E-state index is 11.0. The first-order valence-corrected chi connectivity index (χ1v) is 4.98. The van der Waals surface area contributed by atoms with Crippen LogP contribution in [0.25, 0.3) is 0 Å². The van der Waals surface area contributed by atoms with Gasteiger partial charge in [0.1, 0.15) is 17.5 Å². The molecule has 0 aromatic heterocycles. The zero-order valence-corrected chi connectivity index (χ0v) is 9.01. The van der Waals surface area contributed by atoms with Crippen molar-refractivity contribution in [3.8, 4) is 0 Å². The third-order valence-corrected chi connectivity index (χ3v) is 2.47. The number of aliphatic imine (C=N–C) groups is 1. The fourth-order valence-corrected chi connectivity index (χ4v) is 1.62. The maximum absolute atomic E-state index is 11.0. The highest BCUT2D eigenvalue weighted by Crippen LogP contribution is 2.23. The summed E-state index contributed by atoms with van der Waals surface area (Å²) in [4.78, 5) is 15.3. The van der Waals surface area contributed by atoms with Gasteiger partial charge in [-0.15, -0.1) is 0 Å². The molecule has 1 unspecified atom stereocenters. The van der Waals surface area contributed by atoms with Crippen molar-refractivity contribution < 1.29 is 15.1 Å². The first-order valence-electron chi connectivity index (χ1n) is 4.98. The van der Waals surface area contributed by atoms with Gasteiger partial charge < -0.3 is 10.4 Å². The summed E-state index contributed by atoms with van der Waals surface area (Å²) in [6.07, 6.45) is 2.40. The second kappa shape index (κ2) is 3.64. The van der Waals surface area contributed by atoms with E-state index in [9.17, 15) is 10.0 Å². The number of fused-ring (bicyclic) bond motifs is 1. The Kier molecular flexibility index (Phi) is 2.43. The Morgan fingerprint density at radius 3 is 2.81 bits per heavy atom. The number of carboxylic acid groups (broad SMARTS) is 1. The summed E-state index contributed by atoms with van der Waals surface area (Å²) in [6.45, 7) is 3.97. The Morgan fingerprint density at radius 2 is 2.25 bits per heavy atom. The number of aliphatic carboxylic acids is 1. The third kappa shape index (κ3) is 1.67. The van der Waals surface area contributed by atoms with Gasteiger partial charge in [0.15, 0.2) is 0 Å². The number of nitrogens with zero attached hydrogens (tertiary/aromatic N) is 2. The van der Waals surface area contributed by atoms with Gasteiger partial charge >= 0.3 is 5.97 Å². The number of hydroxylamine groups is 2. The smallest absolute Gasteiger partial charge is 0.339 e. The predicted octanol–water partition coefficient (Wildman–Crippen LogP) is 0.527. The molecule has 0 aliphatic carbocycles. The first-order chi connectivity index (χ1) is 7.49. The number of rotatable bonds is 2. The average Bonchev–Trinajstić information content (AvgIpc) is 2.59. The summed E-state index contributed by atoms with van der Waals surface area (Å²) in [7, 11) is 0. The van der Waals surface area contributed by atoms with E-state index in [2.05, 4.69) is 10.3 Å². The number of hydrogen-bond donors (Lipinski definition) is 3. The topological polar surface area (TPSA) is 85.2 Å². The van der Waals surface area contributed by atoms with E-state index in [0.29, 0.717) is 11.4 Å². The van der Waals surface area contributed by atoms with Crippen molar-refractivity contribution in [2.24, 2.45) is 10.9 Å². The summed E-state index contributed by atoms with van der Waals surface area (Å²) in [6, 6.07) is 0. The molecule has 2 aliphatic heterocycles. The monoisotopic (exact) mass is 223 g/mol. The average molecular weight is 223 g/mol. The molecule has 2 heterocycles. The molecule has 0 bridgehead atoms. The van der Waals surface area contributed by atoms with Crippen LogP contribution < -0.4 is 5.32 Å². The minimum Gasteiger partial charge on any atom is -0.478 e. The Balaban J connectivity index is 2.37. The molecule has 0 aromatic carbocycles. The van der Waals surface area contributed by atoms with E-state index in [4.69, 9.17) is 5.11 Å². The zero-order valence-electron chi connectivity index (χ0n) is 9.01. The molecule has 6 heteroatoms. The molecule has 0 saturated heterocycles. The predicted molar refractivity (Wildman–Crippen MR) is 56.6 cm³/mol. The summed E-state index contributed by atoms with van der Waals surface area (Å²) in [5, 5.41) is 22.1. The molecule has 0 aromatic rings. The van der Waals surface area contributed by atoms with Gasteiger partial charge in [-0.25, -0.2) is 9.86 Å². The van der Waals surface area contributed by atoms with Crippen LogP contribution in [0.2, 0.25) is 0 Å². The minimum absolute atomic E-state index is 0.00403. The Labute approximate surface area is 92.5 Å². The molecule has 0 spiro atoms. The zero-order chi connectivity index (χ0) is 11.9. The summed E-state index contributed by atoms with van der Waals surface area (Å²) in [5.74, 6) is -0.851. The molecule has 2 rings (SSSR count). The lowest BCUT2D eigenvalue weighted by molar-refractivity contribution is -0.132. The number of hydrogen-bond acceptors (Lipinski definition) is 5. The van der Waals surface area contributed by atoms with Crippen molar-refractivity contribution in [2.45, 2.75) is 20.0 Å². The molecule has 16 heavy (non-hydrogen) atoms. The molecule has 3 N–H and O–H groups in total. The van der Waals surface area contributed by atoms with Crippen LogP contribution in [-0.4, -0.2) is 33.2 Å². The van der Waals surface area contributed by atoms with E-state index in [1.54, 1.807) is 0 Å². The van der Waals surface area contributed by atoms with Gasteiger partial charge in [0.05, 0.1) is 11.9 Å².